The van der Waals surface area contributed by atoms with Crippen LogP contribution in [0.5, 0.6) is 11.5 Å². The number of nitrogens with one attached hydrogen (secondary N) is 1. The monoisotopic (exact) mass is 438 g/mol. The molecule has 30 heavy (non-hydrogen) atoms. The number of hydrogen-bond acceptors (Lipinski definition) is 6. The van der Waals surface area contributed by atoms with Crippen LogP contribution in [0.15, 0.2) is 48.5 Å². The Morgan fingerprint density at radius 1 is 1.23 bits per heavy atom. The van der Waals surface area contributed by atoms with Crippen molar-refractivity contribution in [2.24, 2.45) is 0 Å². The van der Waals surface area contributed by atoms with Crippen molar-refractivity contribution in [2.45, 2.75) is 6.92 Å². The van der Waals surface area contributed by atoms with E-state index in [1.807, 2.05) is 37.3 Å². The summed E-state index contributed by atoms with van der Waals surface area (Å²) in [6.45, 7) is 2.07. The Hall–Kier alpha value is -3.36. The van der Waals surface area contributed by atoms with E-state index >= 15 is 0 Å². The minimum Gasteiger partial charge on any atom is -0.454 e. The highest BCUT2D eigenvalue weighted by Crippen LogP contribution is 2.38. The van der Waals surface area contributed by atoms with Gasteiger partial charge in [0.15, 0.2) is 11.5 Å². The number of aryl methyl sites for hydroxylation is 1. The van der Waals surface area contributed by atoms with Crippen molar-refractivity contribution in [3.05, 3.63) is 64.8 Å². The van der Waals surface area contributed by atoms with Gasteiger partial charge in [-0.3, -0.25) is 4.79 Å². The molecule has 9 heteroatoms. The van der Waals surface area contributed by atoms with Gasteiger partial charge in [-0.15, -0.1) is 0 Å². The summed E-state index contributed by atoms with van der Waals surface area (Å²) in [4.78, 5) is 17.1. The molecule has 2 aromatic carbocycles. The van der Waals surface area contributed by atoms with Gasteiger partial charge in [0.2, 0.25) is 17.8 Å². The maximum absolute atomic E-state index is 12.5. The van der Waals surface area contributed by atoms with E-state index in [0.717, 1.165) is 21.5 Å². The molecular formula is C21H15ClN4O3S. The SMILES string of the molecule is Cc1cc(NC(=O)/C=C/c2ccccc2Cl)n(-c2nc3cc4c(cc3s2)OCO4)n1. The van der Waals surface area contributed by atoms with Gasteiger partial charge in [0.05, 0.1) is 15.9 Å². The van der Waals surface area contributed by atoms with E-state index in [1.165, 1.54) is 17.4 Å². The maximum Gasteiger partial charge on any atom is 0.249 e. The number of amides is 1. The first-order valence-electron chi connectivity index (χ1n) is 9.08. The number of carbonyl (C=O) groups excluding carboxylic acids is 1. The van der Waals surface area contributed by atoms with Crippen LogP contribution in [0.3, 0.4) is 0 Å². The predicted molar refractivity (Wildman–Crippen MR) is 117 cm³/mol. The molecule has 3 heterocycles. The fourth-order valence-corrected chi connectivity index (χ4v) is 4.21. The molecule has 0 fully saturated rings. The van der Waals surface area contributed by atoms with Crippen LogP contribution in [-0.2, 0) is 4.79 Å². The first-order valence-corrected chi connectivity index (χ1v) is 10.3. The van der Waals surface area contributed by atoms with Crippen molar-refractivity contribution in [3.63, 3.8) is 0 Å². The number of fused-ring (bicyclic) bond motifs is 2. The Morgan fingerprint density at radius 2 is 2.03 bits per heavy atom. The number of halogens is 1. The number of benzene rings is 2. The zero-order valence-corrected chi connectivity index (χ0v) is 17.3. The van der Waals surface area contributed by atoms with Gasteiger partial charge in [0, 0.05) is 29.3 Å². The molecule has 5 rings (SSSR count). The third-order valence-corrected chi connectivity index (χ3v) is 5.79. The average molecular weight is 439 g/mol. The van der Waals surface area contributed by atoms with Crippen molar-refractivity contribution in [2.75, 3.05) is 12.1 Å². The van der Waals surface area contributed by atoms with Gasteiger partial charge in [-0.2, -0.15) is 9.78 Å². The van der Waals surface area contributed by atoms with E-state index in [0.29, 0.717) is 27.5 Å². The minimum atomic E-state index is -0.294. The Morgan fingerprint density at radius 3 is 2.87 bits per heavy atom. The topological polar surface area (TPSA) is 78.3 Å². The minimum absolute atomic E-state index is 0.218. The molecule has 0 saturated carbocycles. The molecule has 150 valence electrons. The number of thiazole rings is 1. The number of aromatic nitrogens is 3. The number of anilines is 1. The predicted octanol–water partition coefficient (Wildman–Crippen LogP) is 4.82. The molecule has 1 aliphatic rings. The smallest absolute Gasteiger partial charge is 0.249 e. The van der Waals surface area contributed by atoms with Gasteiger partial charge < -0.3 is 14.8 Å². The standard InChI is InChI=1S/C21H15ClN4O3S/c1-12-8-19(24-20(27)7-6-13-4-2-3-5-14(13)22)26(25-12)21-23-15-9-16-17(29-11-28-16)10-18(15)30-21/h2-10H,11H2,1H3,(H,24,27)/b7-6+. The summed E-state index contributed by atoms with van der Waals surface area (Å²) in [5.74, 6) is 1.61. The lowest BCUT2D eigenvalue weighted by Gasteiger charge is -2.04. The van der Waals surface area contributed by atoms with Crippen LogP contribution in [0, 0.1) is 6.92 Å². The molecule has 2 aromatic heterocycles. The van der Waals surface area contributed by atoms with Gasteiger partial charge in [-0.05, 0) is 24.6 Å². The summed E-state index contributed by atoms with van der Waals surface area (Å²) < 4.78 is 13.4. The Kier molecular flexibility index (Phi) is 4.65. The largest absolute Gasteiger partial charge is 0.454 e. The van der Waals surface area contributed by atoms with Crippen molar-refractivity contribution in [3.8, 4) is 16.6 Å². The molecule has 0 atom stereocenters. The Balaban J connectivity index is 1.42. The van der Waals surface area contributed by atoms with E-state index < -0.39 is 0 Å². The zero-order chi connectivity index (χ0) is 20.7. The van der Waals surface area contributed by atoms with Gasteiger partial charge in [-0.1, -0.05) is 41.1 Å². The molecule has 0 bridgehead atoms. The number of nitrogens with zero attached hydrogens (tertiary/aromatic N) is 3. The molecular weight excluding hydrogens is 424 g/mol. The second-order valence-corrected chi connectivity index (χ2v) is 8.01. The third kappa shape index (κ3) is 3.51. The lowest BCUT2D eigenvalue weighted by molar-refractivity contribution is -0.111. The summed E-state index contributed by atoms with van der Waals surface area (Å²) in [7, 11) is 0. The summed E-state index contributed by atoms with van der Waals surface area (Å²) in [6, 6.07) is 12.9. The van der Waals surface area contributed by atoms with Crippen molar-refractivity contribution in [1.29, 1.82) is 0 Å². The molecule has 1 N–H and O–H groups in total. The molecule has 4 aromatic rings. The summed E-state index contributed by atoms with van der Waals surface area (Å²) >= 11 is 7.58. The second-order valence-electron chi connectivity index (χ2n) is 6.60. The van der Waals surface area contributed by atoms with E-state index in [2.05, 4.69) is 15.4 Å². The highest BCUT2D eigenvalue weighted by molar-refractivity contribution is 7.20. The van der Waals surface area contributed by atoms with Crippen molar-refractivity contribution < 1.29 is 14.3 Å². The maximum atomic E-state index is 12.5. The molecule has 1 amide bonds. The first kappa shape index (κ1) is 18.7. The molecule has 0 saturated heterocycles. The van der Waals surface area contributed by atoms with E-state index in [4.69, 9.17) is 21.1 Å². The van der Waals surface area contributed by atoms with Crippen LogP contribution in [0.1, 0.15) is 11.3 Å². The molecule has 0 radical (unpaired) electrons. The van der Waals surface area contributed by atoms with Crippen LogP contribution in [0.2, 0.25) is 5.02 Å². The normalized spacial score (nSPS) is 12.7. The Labute approximate surface area is 180 Å². The van der Waals surface area contributed by atoms with Crippen LogP contribution >= 0.6 is 22.9 Å². The molecule has 0 unspecified atom stereocenters. The zero-order valence-electron chi connectivity index (χ0n) is 15.8. The molecule has 1 aliphatic heterocycles. The number of rotatable bonds is 4. The van der Waals surface area contributed by atoms with Crippen LogP contribution in [0.4, 0.5) is 5.82 Å². The average Bonchev–Trinajstić information content (AvgIpc) is 3.43. The first-order chi connectivity index (χ1) is 14.6. The molecule has 7 nitrogen and oxygen atoms in total. The third-order valence-electron chi connectivity index (χ3n) is 4.45. The number of ether oxygens (including phenoxy) is 2. The van der Waals surface area contributed by atoms with E-state index in [-0.39, 0.29) is 12.7 Å². The second kappa shape index (κ2) is 7.47. The lowest BCUT2D eigenvalue weighted by Crippen LogP contribution is -2.12. The highest BCUT2D eigenvalue weighted by atomic mass is 35.5. The van der Waals surface area contributed by atoms with Gasteiger partial charge >= 0.3 is 0 Å². The van der Waals surface area contributed by atoms with E-state index in [9.17, 15) is 4.79 Å². The summed E-state index contributed by atoms with van der Waals surface area (Å²) in [5.41, 5.74) is 2.31. The van der Waals surface area contributed by atoms with Gasteiger partial charge in [0.1, 0.15) is 5.82 Å². The van der Waals surface area contributed by atoms with Crippen molar-refractivity contribution in [1.82, 2.24) is 14.8 Å². The number of carbonyl (C=O) groups is 1. The fourth-order valence-electron chi connectivity index (χ4n) is 3.07. The van der Waals surface area contributed by atoms with Crippen molar-refractivity contribution >= 4 is 51.0 Å². The van der Waals surface area contributed by atoms with E-state index in [1.54, 1.807) is 22.9 Å². The van der Waals surface area contributed by atoms with Crippen LogP contribution in [0.25, 0.3) is 21.4 Å². The van der Waals surface area contributed by atoms with Crippen LogP contribution < -0.4 is 14.8 Å². The van der Waals surface area contributed by atoms with Gasteiger partial charge in [0.25, 0.3) is 0 Å². The summed E-state index contributed by atoms with van der Waals surface area (Å²) in [6.07, 6.45) is 3.11. The number of hydrogen-bond donors (Lipinski definition) is 1. The molecule has 0 spiro atoms. The molecule has 0 aliphatic carbocycles. The lowest BCUT2D eigenvalue weighted by atomic mass is 10.2. The highest BCUT2D eigenvalue weighted by Gasteiger charge is 2.19. The fraction of sp³-hybridized carbons (Fsp3) is 0.0952. The van der Waals surface area contributed by atoms with Gasteiger partial charge in [-0.25, -0.2) is 4.98 Å². The summed E-state index contributed by atoms with van der Waals surface area (Å²) in [5, 5.41) is 8.55. The quantitative estimate of drug-likeness (QED) is 0.462. The van der Waals surface area contributed by atoms with Crippen LogP contribution in [-0.4, -0.2) is 27.5 Å². The Bertz CT molecular complexity index is 1270.